The highest BCUT2D eigenvalue weighted by molar-refractivity contribution is 5.05. The Morgan fingerprint density at radius 2 is 2.00 bits per heavy atom. The van der Waals surface area contributed by atoms with Gasteiger partial charge in [-0.25, -0.2) is 0 Å². The van der Waals surface area contributed by atoms with E-state index in [0.717, 1.165) is 5.92 Å². The summed E-state index contributed by atoms with van der Waals surface area (Å²) in [5.41, 5.74) is 1.71. The summed E-state index contributed by atoms with van der Waals surface area (Å²) in [4.78, 5) is 2.69. The predicted octanol–water partition coefficient (Wildman–Crippen LogP) is 5.42. The van der Waals surface area contributed by atoms with Crippen LogP contribution in [-0.4, -0.2) is 24.5 Å². The molecule has 1 heterocycles. The van der Waals surface area contributed by atoms with E-state index in [1.165, 1.54) is 77.4 Å². The molecule has 112 valence electrons. The molecule has 1 unspecified atom stereocenters. The zero-order valence-electron chi connectivity index (χ0n) is 13.6. The van der Waals surface area contributed by atoms with Crippen molar-refractivity contribution in [3.05, 3.63) is 11.6 Å². The molecule has 0 radical (unpaired) electrons. The molecule has 0 saturated carbocycles. The number of hydrogen-bond acceptors (Lipinski definition) is 1. The van der Waals surface area contributed by atoms with Gasteiger partial charge in [-0.05, 0) is 44.6 Å². The van der Waals surface area contributed by atoms with Crippen LogP contribution in [0.5, 0.6) is 0 Å². The Hall–Kier alpha value is -0.300. The Morgan fingerprint density at radius 3 is 2.68 bits per heavy atom. The van der Waals surface area contributed by atoms with E-state index in [0.29, 0.717) is 0 Å². The average Bonchev–Trinajstić information content (AvgIpc) is 2.40. The van der Waals surface area contributed by atoms with Crippen molar-refractivity contribution in [2.75, 3.05) is 19.6 Å². The maximum absolute atomic E-state index is 2.69. The molecule has 0 spiro atoms. The number of allylic oxidation sites excluding steroid dienone is 1. The van der Waals surface area contributed by atoms with Crippen LogP contribution in [0.3, 0.4) is 0 Å². The van der Waals surface area contributed by atoms with Gasteiger partial charge in [0.05, 0.1) is 0 Å². The molecular formula is C18H35N. The van der Waals surface area contributed by atoms with Crippen molar-refractivity contribution in [1.82, 2.24) is 4.90 Å². The Labute approximate surface area is 121 Å². The van der Waals surface area contributed by atoms with Gasteiger partial charge in [0.2, 0.25) is 0 Å². The van der Waals surface area contributed by atoms with Crippen molar-refractivity contribution < 1.29 is 0 Å². The molecule has 19 heavy (non-hydrogen) atoms. The molecule has 1 nitrogen and oxygen atoms in total. The quantitative estimate of drug-likeness (QED) is 0.398. The summed E-state index contributed by atoms with van der Waals surface area (Å²) in [6.45, 7) is 10.9. The van der Waals surface area contributed by atoms with Crippen LogP contribution >= 0.6 is 0 Å². The third-order valence-corrected chi connectivity index (χ3v) is 4.24. The zero-order valence-corrected chi connectivity index (χ0v) is 13.6. The third kappa shape index (κ3) is 7.77. The summed E-state index contributed by atoms with van der Waals surface area (Å²) >= 11 is 0. The van der Waals surface area contributed by atoms with Gasteiger partial charge in [0.15, 0.2) is 0 Å². The van der Waals surface area contributed by atoms with Crippen LogP contribution in [0.25, 0.3) is 0 Å². The van der Waals surface area contributed by atoms with E-state index >= 15 is 0 Å². The average molecular weight is 265 g/mol. The lowest BCUT2D eigenvalue weighted by molar-refractivity contribution is 0.196. The first kappa shape index (κ1) is 16.8. The van der Waals surface area contributed by atoms with Gasteiger partial charge in [-0.3, -0.25) is 4.90 Å². The van der Waals surface area contributed by atoms with Gasteiger partial charge in [0.25, 0.3) is 0 Å². The molecule has 0 aliphatic carbocycles. The Kier molecular flexibility index (Phi) is 9.24. The maximum Gasteiger partial charge on any atom is 0.0192 e. The molecule has 0 bridgehead atoms. The number of piperidine rings is 1. The van der Waals surface area contributed by atoms with Crippen LogP contribution in [0.4, 0.5) is 0 Å². The van der Waals surface area contributed by atoms with Crippen LogP contribution in [0.1, 0.15) is 78.6 Å². The minimum Gasteiger partial charge on any atom is -0.299 e. The highest BCUT2D eigenvalue weighted by Crippen LogP contribution is 2.19. The second kappa shape index (κ2) is 10.5. The molecule has 0 aromatic heterocycles. The fraction of sp³-hybridized carbons (Fsp3) is 0.889. The number of likely N-dealkylation sites (tertiary alicyclic amines) is 1. The van der Waals surface area contributed by atoms with Crippen molar-refractivity contribution in [1.29, 1.82) is 0 Å². The van der Waals surface area contributed by atoms with Gasteiger partial charge in [-0.2, -0.15) is 0 Å². The minimum absolute atomic E-state index is 0.904. The van der Waals surface area contributed by atoms with E-state index in [4.69, 9.17) is 0 Å². The smallest absolute Gasteiger partial charge is 0.0192 e. The van der Waals surface area contributed by atoms with E-state index in [9.17, 15) is 0 Å². The summed E-state index contributed by atoms with van der Waals surface area (Å²) < 4.78 is 0. The van der Waals surface area contributed by atoms with Crippen molar-refractivity contribution in [3.63, 3.8) is 0 Å². The molecule has 0 aromatic rings. The van der Waals surface area contributed by atoms with E-state index in [1.807, 2.05) is 0 Å². The second-order valence-electron chi connectivity index (χ2n) is 6.44. The summed E-state index contributed by atoms with van der Waals surface area (Å²) in [6, 6.07) is 0. The lowest BCUT2D eigenvalue weighted by Gasteiger charge is -2.31. The van der Waals surface area contributed by atoms with E-state index in [-0.39, 0.29) is 0 Å². The highest BCUT2D eigenvalue weighted by atomic mass is 15.1. The lowest BCUT2D eigenvalue weighted by Crippen LogP contribution is -2.35. The molecule has 1 aliphatic heterocycles. The number of nitrogens with zero attached hydrogens (tertiary/aromatic N) is 1. The first-order chi connectivity index (χ1) is 9.26. The van der Waals surface area contributed by atoms with Gasteiger partial charge in [-0.1, -0.05) is 58.1 Å². The topological polar surface area (TPSA) is 3.24 Å². The van der Waals surface area contributed by atoms with Gasteiger partial charge < -0.3 is 0 Å². The number of hydrogen-bond donors (Lipinski definition) is 0. The van der Waals surface area contributed by atoms with E-state index < -0.39 is 0 Å². The molecule has 0 N–H and O–H groups in total. The van der Waals surface area contributed by atoms with Crippen LogP contribution in [0.2, 0.25) is 0 Å². The van der Waals surface area contributed by atoms with Crippen LogP contribution in [0, 0.1) is 5.92 Å². The first-order valence-electron chi connectivity index (χ1n) is 8.66. The second-order valence-corrected chi connectivity index (χ2v) is 6.44. The monoisotopic (exact) mass is 265 g/mol. The van der Waals surface area contributed by atoms with Gasteiger partial charge in [-0.15, -0.1) is 0 Å². The summed E-state index contributed by atoms with van der Waals surface area (Å²) in [5.74, 6) is 0.904. The third-order valence-electron chi connectivity index (χ3n) is 4.24. The predicted molar refractivity (Wildman–Crippen MR) is 86.6 cm³/mol. The van der Waals surface area contributed by atoms with Crippen molar-refractivity contribution >= 4 is 0 Å². The Bertz CT molecular complexity index is 244. The summed E-state index contributed by atoms with van der Waals surface area (Å²) in [5, 5.41) is 0. The van der Waals surface area contributed by atoms with Crippen molar-refractivity contribution in [2.45, 2.75) is 78.6 Å². The van der Waals surface area contributed by atoms with E-state index in [1.54, 1.807) is 5.57 Å². The Morgan fingerprint density at radius 1 is 1.16 bits per heavy atom. The van der Waals surface area contributed by atoms with Crippen LogP contribution < -0.4 is 0 Å². The largest absolute Gasteiger partial charge is 0.299 e. The SMILES string of the molecule is CCC/C=C(\CCCCCC)CN1CCCC(C)C1. The molecule has 1 heteroatoms. The fourth-order valence-electron chi connectivity index (χ4n) is 3.09. The molecule has 1 rings (SSSR count). The van der Waals surface area contributed by atoms with Crippen molar-refractivity contribution in [3.8, 4) is 0 Å². The summed E-state index contributed by atoms with van der Waals surface area (Å²) in [6.07, 6.45) is 14.8. The first-order valence-corrected chi connectivity index (χ1v) is 8.66. The molecule has 1 atom stereocenters. The highest BCUT2D eigenvalue weighted by Gasteiger charge is 2.16. The maximum atomic E-state index is 2.69. The molecule has 1 aliphatic rings. The molecule has 0 amide bonds. The number of rotatable bonds is 9. The molecule has 1 saturated heterocycles. The van der Waals surface area contributed by atoms with Gasteiger partial charge in [0, 0.05) is 13.1 Å². The number of unbranched alkanes of at least 4 members (excludes halogenated alkanes) is 4. The molecule has 0 aromatic carbocycles. The van der Waals surface area contributed by atoms with Gasteiger partial charge >= 0.3 is 0 Å². The minimum atomic E-state index is 0.904. The van der Waals surface area contributed by atoms with E-state index in [2.05, 4.69) is 31.7 Å². The zero-order chi connectivity index (χ0) is 13.9. The normalized spacial score (nSPS) is 21.8. The Balaban J connectivity index is 2.35. The van der Waals surface area contributed by atoms with Crippen molar-refractivity contribution in [2.24, 2.45) is 5.92 Å². The van der Waals surface area contributed by atoms with Crippen LogP contribution in [-0.2, 0) is 0 Å². The summed E-state index contributed by atoms with van der Waals surface area (Å²) in [7, 11) is 0. The standard InChI is InChI=1S/C18H35N/c1-4-6-8-9-13-18(12-7-5-2)16-19-14-10-11-17(3)15-19/h12,17H,4-11,13-16H2,1-3H3/b18-12+. The molecular weight excluding hydrogens is 230 g/mol. The van der Waals surface area contributed by atoms with Gasteiger partial charge in [0.1, 0.15) is 0 Å². The lowest BCUT2D eigenvalue weighted by atomic mass is 9.98. The molecule has 1 fully saturated rings. The fourth-order valence-corrected chi connectivity index (χ4v) is 3.09. The van der Waals surface area contributed by atoms with Crippen LogP contribution in [0.15, 0.2) is 11.6 Å².